The second-order valence-corrected chi connectivity index (χ2v) is 7.20. The fourth-order valence-electron chi connectivity index (χ4n) is 3.10. The first-order valence-corrected chi connectivity index (χ1v) is 9.93. The molecule has 0 saturated heterocycles. The molecule has 1 aliphatic rings. The monoisotopic (exact) mass is 384 g/mol. The number of carbonyl (C=O) groups excluding carboxylic acids is 2. The predicted molar refractivity (Wildman–Crippen MR) is 105 cm³/mol. The molecule has 27 heavy (non-hydrogen) atoms. The van der Waals surface area contributed by atoms with Crippen LogP contribution in [0.1, 0.15) is 32.7 Å². The number of hydrogen-bond acceptors (Lipinski definition) is 4. The summed E-state index contributed by atoms with van der Waals surface area (Å²) in [7, 11) is 0. The molecule has 1 unspecified atom stereocenters. The third-order valence-electron chi connectivity index (χ3n) is 4.46. The first kappa shape index (κ1) is 19.0. The number of fused-ring (bicyclic) bond motifs is 1. The van der Waals surface area contributed by atoms with E-state index in [0.29, 0.717) is 24.3 Å². The molecular formula is C20H20N2O4S. The van der Waals surface area contributed by atoms with Gasteiger partial charge in [0.05, 0.1) is 17.7 Å². The molecule has 0 radical (unpaired) electrons. The number of nitrogens with zero attached hydrogens (tertiary/aromatic N) is 1. The van der Waals surface area contributed by atoms with Gasteiger partial charge in [-0.2, -0.15) is 11.8 Å². The van der Waals surface area contributed by atoms with Crippen LogP contribution < -0.4 is 10.2 Å². The summed E-state index contributed by atoms with van der Waals surface area (Å²) in [6.45, 7) is 0.383. The maximum absolute atomic E-state index is 12.9. The third-order valence-corrected chi connectivity index (χ3v) is 5.11. The molecule has 2 aromatic rings. The van der Waals surface area contributed by atoms with Crippen molar-refractivity contribution in [3.63, 3.8) is 0 Å². The van der Waals surface area contributed by atoms with E-state index < -0.39 is 17.9 Å². The zero-order chi connectivity index (χ0) is 19.4. The number of carboxylic acids is 1. The van der Waals surface area contributed by atoms with Gasteiger partial charge in [0.1, 0.15) is 6.04 Å². The van der Waals surface area contributed by atoms with Gasteiger partial charge < -0.3 is 15.3 Å². The summed E-state index contributed by atoms with van der Waals surface area (Å²) in [4.78, 5) is 38.7. The molecule has 1 atom stereocenters. The molecule has 1 aliphatic heterocycles. The molecule has 1 heterocycles. The van der Waals surface area contributed by atoms with Gasteiger partial charge in [0, 0.05) is 5.69 Å². The van der Waals surface area contributed by atoms with E-state index in [1.807, 2.05) is 42.7 Å². The number of rotatable bonds is 7. The summed E-state index contributed by atoms with van der Waals surface area (Å²) >= 11 is 1.51. The zero-order valence-corrected chi connectivity index (χ0v) is 15.7. The molecule has 2 amide bonds. The van der Waals surface area contributed by atoms with Crippen molar-refractivity contribution in [3.8, 4) is 0 Å². The number of carboxylic acid groups (broad SMARTS) is 1. The second-order valence-electron chi connectivity index (χ2n) is 6.21. The van der Waals surface area contributed by atoms with Crippen LogP contribution in [0.2, 0.25) is 0 Å². The Morgan fingerprint density at radius 2 is 1.93 bits per heavy atom. The highest BCUT2D eigenvalue weighted by Gasteiger charge is 2.33. The van der Waals surface area contributed by atoms with Crippen LogP contribution in [-0.4, -0.2) is 40.9 Å². The number of anilines is 1. The van der Waals surface area contributed by atoms with Gasteiger partial charge in [0.2, 0.25) is 0 Å². The average Bonchev–Trinajstić information content (AvgIpc) is 3.02. The number of thioether (sulfide) groups is 1. The quantitative estimate of drug-likeness (QED) is 0.767. The van der Waals surface area contributed by atoms with Crippen molar-refractivity contribution in [3.05, 3.63) is 65.2 Å². The highest BCUT2D eigenvalue weighted by Crippen LogP contribution is 2.30. The maximum Gasteiger partial charge on any atom is 0.326 e. The lowest BCUT2D eigenvalue weighted by molar-refractivity contribution is -0.139. The summed E-state index contributed by atoms with van der Waals surface area (Å²) in [5.74, 6) is -1.26. The Morgan fingerprint density at radius 1 is 1.19 bits per heavy atom. The van der Waals surface area contributed by atoms with E-state index in [9.17, 15) is 19.5 Å². The van der Waals surface area contributed by atoms with E-state index in [4.69, 9.17) is 0 Å². The van der Waals surface area contributed by atoms with E-state index in [2.05, 4.69) is 5.32 Å². The molecule has 3 rings (SSSR count). The van der Waals surface area contributed by atoms with Crippen molar-refractivity contribution in [2.75, 3.05) is 16.9 Å². The lowest BCUT2D eigenvalue weighted by atomic mass is 10.0. The smallest absolute Gasteiger partial charge is 0.326 e. The SMILES string of the molecule is CSCCC(NC(=O)c1cccc2c1C(=O)N(c1ccccc1)C2)C(=O)O. The molecule has 0 aromatic heterocycles. The number of hydrogen-bond donors (Lipinski definition) is 2. The predicted octanol–water partition coefficient (Wildman–Crippen LogP) is 2.78. The Bertz CT molecular complexity index is 870. The van der Waals surface area contributed by atoms with Gasteiger partial charge in [-0.1, -0.05) is 30.3 Å². The Kier molecular flexibility index (Phi) is 5.81. The Labute approximate surface area is 161 Å². The van der Waals surface area contributed by atoms with Gasteiger partial charge in [-0.3, -0.25) is 9.59 Å². The van der Waals surface area contributed by atoms with Crippen LogP contribution in [0.15, 0.2) is 48.5 Å². The molecule has 2 N–H and O–H groups in total. The lowest BCUT2D eigenvalue weighted by Crippen LogP contribution is -2.41. The molecule has 0 bridgehead atoms. The number of amides is 2. The van der Waals surface area contributed by atoms with Crippen LogP contribution in [0.3, 0.4) is 0 Å². The topological polar surface area (TPSA) is 86.7 Å². The summed E-state index contributed by atoms with van der Waals surface area (Å²) in [6.07, 6.45) is 2.20. The number of benzene rings is 2. The van der Waals surface area contributed by atoms with Crippen LogP contribution in [0.25, 0.3) is 0 Å². The van der Waals surface area contributed by atoms with Gasteiger partial charge >= 0.3 is 5.97 Å². The third kappa shape index (κ3) is 3.98. The fraction of sp³-hybridized carbons (Fsp3) is 0.250. The second kappa shape index (κ2) is 8.26. The zero-order valence-electron chi connectivity index (χ0n) is 14.8. The van der Waals surface area contributed by atoms with E-state index in [1.54, 1.807) is 17.0 Å². The maximum atomic E-state index is 12.9. The minimum absolute atomic E-state index is 0.214. The number of aliphatic carboxylic acids is 1. The largest absolute Gasteiger partial charge is 0.480 e. The van der Waals surface area contributed by atoms with Gasteiger partial charge in [0.15, 0.2) is 0 Å². The molecule has 6 nitrogen and oxygen atoms in total. The summed E-state index contributed by atoms with van der Waals surface area (Å²) in [6, 6.07) is 13.4. The van der Waals surface area contributed by atoms with E-state index in [0.717, 1.165) is 11.3 Å². The highest BCUT2D eigenvalue weighted by atomic mass is 32.2. The van der Waals surface area contributed by atoms with Crippen molar-refractivity contribution in [2.45, 2.75) is 19.0 Å². The Balaban J connectivity index is 1.86. The number of nitrogens with one attached hydrogen (secondary N) is 1. The first-order chi connectivity index (χ1) is 13.0. The van der Waals surface area contributed by atoms with Crippen LogP contribution in [0.4, 0.5) is 5.69 Å². The normalized spacial score (nSPS) is 14.0. The molecule has 0 spiro atoms. The van der Waals surface area contributed by atoms with Gasteiger partial charge in [0.25, 0.3) is 11.8 Å². The summed E-state index contributed by atoms with van der Waals surface area (Å²) in [5, 5.41) is 11.9. The van der Waals surface area contributed by atoms with Crippen molar-refractivity contribution in [2.24, 2.45) is 0 Å². The molecule has 140 valence electrons. The standard InChI is InChI=1S/C20H20N2O4S/c1-27-11-10-16(20(25)26)21-18(23)15-9-5-6-13-12-22(19(24)17(13)15)14-7-3-2-4-8-14/h2-9,16H,10-12H2,1H3,(H,21,23)(H,25,26). The highest BCUT2D eigenvalue weighted by molar-refractivity contribution is 7.98. The molecule has 0 saturated carbocycles. The molecule has 7 heteroatoms. The minimum Gasteiger partial charge on any atom is -0.480 e. The summed E-state index contributed by atoms with van der Waals surface area (Å²) < 4.78 is 0. The lowest BCUT2D eigenvalue weighted by Gasteiger charge is -2.16. The molecule has 0 aliphatic carbocycles. The van der Waals surface area contributed by atoms with E-state index in [1.165, 1.54) is 11.8 Å². The van der Waals surface area contributed by atoms with Crippen molar-refractivity contribution < 1.29 is 19.5 Å². The van der Waals surface area contributed by atoms with Gasteiger partial charge in [-0.05, 0) is 42.2 Å². The van der Waals surface area contributed by atoms with E-state index >= 15 is 0 Å². The number of para-hydroxylation sites is 1. The van der Waals surface area contributed by atoms with Crippen molar-refractivity contribution in [1.29, 1.82) is 0 Å². The van der Waals surface area contributed by atoms with Crippen LogP contribution in [-0.2, 0) is 11.3 Å². The first-order valence-electron chi connectivity index (χ1n) is 8.54. The van der Waals surface area contributed by atoms with Crippen LogP contribution >= 0.6 is 11.8 Å². The van der Waals surface area contributed by atoms with Gasteiger partial charge in [-0.15, -0.1) is 0 Å². The van der Waals surface area contributed by atoms with E-state index in [-0.39, 0.29) is 11.5 Å². The average molecular weight is 384 g/mol. The minimum atomic E-state index is -1.08. The Hall–Kier alpha value is -2.80. The van der Waals surface area contributed by atoms with Crippen LogP contribution in [0, 0.1) is 0 Å². The molecule has 2 aromatic carbocycles. The van der Waals surface area contributed by atoms with Crippen molar-refractivity contribution >= 4 is 35.2 Å². The Morgan fingerprint density at radius 3 is 2.59 bits per heavy atom. The number of carbonyl (C=O) groups is 3. The fourth-order valence-corrected chi connectivity index (χ4v) is 3.57. The van der Waals surface area contributed by atoms with Gasteiger partial charge in [-0.25, -0.2) is 4.79 Å². The van der Waals surface area contributed by atoms with Crippen LogP contribution in [0.5, 0.6) is 0 Å². The molecular weight excluding hydrogens is 364 g/mol. The summed E-state index contributed by atoms with van der Waals surface area (Å²) in [5.41, 5.74) is 2.07. The molecule has 0 fully saturated rings. The van der Waals surface area contributed by atoms with Crippen molar-refractivity contribution in [1.82, 2.24) is 5.32 Å².